The predicted molar refractivity (Wildman–Crippen MR) is 57.7 cm³/mol. The summed E-state index contributed by atoms with van der Waals surface area (Å²) in [7, 11) is 0. The lowest BCUT2D eigenvalue weighted by molar-refractivity contribution is 0.400. The zero-order chi connectivity index (χ0) is 9.68. The first-order chi connectivity index (χ1) is 6.27. The molecule has 1 rings (SSSR count). The molecule has 0 amide bonds. The molecule has 1 heterocycles. The largest absolute Gasteiger partial charge is 0.299 e. The Morgan fingerprint density at radius 1 is 1.69 bits per heavy atom. The second kappa shape index (κ2) is 5.51. The van der Waals surface area contributed by atoms with Gasteiger partial charge in [-0.3, -0.25) is 5.32 Å². The molecule has 3 unspecified atom stereocenters. The van der Waals surface area contributed by atoms with Crippen molar-refractivity contribution < 1.29 is 0 Å². The quantitative estimate of drug-likeness (QED) is 0.750. The molecule has 3 heteroatoms. The molecule has 0 aromatic rings. The van der Waals surface area contributed by atoms with Gasteiger partial charge in [-0.15, -0.1) is 0 Å². The van der Waals surface area contributed by atoms with Crippen LogP contribution in [-0.4, -0.2) is 23.6 Å². The Hall–Kier alpha value is -0.200. The van der Waals surface area contributed by atoms with Gasteiger partial charge in [0, 0.05) is 6.04 Å². The minimum atomic E-state index is 0.0740. The summed E-state index contributed by atoms with van der Waals surface area (Å²) in [5, 5.41) is 12.4. The summed E-state index contributed by atoms with van der Waals surface area (Å²) in [5.74, 6) is 2.95. The molecule has 1 aliphatic heterocycles. The molecule has 1 N–H and O–H groups in total. The third kappa shape index (κ3) is 3.21. The van der Waals surface area contributed by atoms with E-state index >= 15 is 0 Å². The van der Waals surface area contributed by atoms with Crippen LogP contribution in [0.25, 0.3) is 0 Å². The number of rotatable bonds is 4. The van der Waals surface area contributed by atoms with Crippen LogP contribution < -0.4 is 5.32 Å². The Balaban J connectivity index is 2.38. The maximum atomic E-state index is 9.01. The first-order valence-corrected chi connectivity index (χ1v) is 6.16. The van der Waals surface area contributed by atoms with Crippen LogP contribution in [0.2, 0.25) is 0 Å². The summed E-state index contributed by atoms with van der Waals surface area (Å²) in [6, 6.07) is 2.93. The first-order valence-electron chi connectivity index (χ1n) is 5.01. The van der Waals surface area contributed by atoms with Crippen LogP contribution in [0.5, 0.6) is 0 Å². The van der Waals surface area contributed by atoms with Gasteiger partial charge in [0.05, 0.1) is 12.1 Å². The molecule has 1 aliphatic rings. The molecule has 13 heavy (non-hydrogen) atoms. The average Bonchev–Trinajstić information content (AvgIpc) is 2.66. The second-order valence-electron chi connectivity index (χ2n) is 3.71. The van der Waals surface area contributed by atoms with E-state index in [1.54, 1.807) is 0 Å². The molecule has 1 fully saturated rings. The van der Waals surface area contributed by atoms with E-state index in [0.29, 0.717) is 12.0 Å². The van der Waals surface area contributed by atoms with Crippen LogP contribution in [0.1, 0.15) is 26.7 Å². The Morgan fingerprint density at radius 3 is 2.92 bits per heavy atom. The zero-order valence-electron chi connectivity index (χ0n) is 8.42. The van der Waals surface area contributed by atoms with Gasteiger partial charge in [0.1, 0.15) is 0 Å². The van der Waals surface area contributed by atoms with Gasteiger partial charge in [-0.2, -0.15) is 17.0 Å². The lowest BCUT2D eigenvalue weighted by Gasteiger charge is -2.21. The highest BCUT2D eigenvalue weighted by molar-refractivity contribution is 7.99. The fraction of sp³-hybridized carbons (Fsp3) is 0.900. The average molecular weight is 198 g/mol. The van der Waals surface area contributed by atoms with Gasteiger partial charge in [-0.1, -0.05) is 6.92 Å². The van der Waals surface area contributed by atoms with E-state index in [4.69, 9.17) is 5.26 Å². The van der Waals surface area contributed by atoms with E-state index < -0.39 is 0 Å². The van der Waals surface area contributed by atoms with Crippen LogP contribution >= 0.6 is 11.8 Å². The Morgan fingerprint density at radius 2 is 2.46 bits per heavy atom. The standard InChI is InChI=1S/C10H18N2S/c1-3-8(2)12-10(6-11)9-4-5-13-7-9/h8-10,12H,3-5,7H2,1-2H3. The third-order valence-electron chi connectivity index (χ3n) is 2.65. The summed E-state index contributed by atoms with van der Waals surface area (Å²) in [4.78, 5) is 0. The molecule has 0 saturated carbocycles. The van der Waals surface area contributed by atoms with E-state index in [1.807, 2.05) is 11.8 Å². The maximum absolute atomic E-state index is 9.01. The number of nitrogens with one attached hydrogen (secondary N) is 1. The lowest BCUT2D eigenvalue weighted by atomic mass is 9.99. The van der Waals surface area contributed by atoms with Crippen molar-refractivity contribution in [1.29, 1.82) is 5.26 Å². The van der Waals surface area contributed by atoms with Crippen LogP contribution in [0, 0.1) is 17.2 Å². The van der Waals surface area contributed by atoms with Gasteiger partial charge in [-0.25, -0.2) is 0 Å². The van der Waals surface area contributed by atoms with Gasteiger partial charge in [-0.05, 0) is 37.2 Å². The zero-order valence-corrected chi connectivity index (χ0v) is 9.23. The topological polar surface area (TPSA) is 35.8 Å². The summed E-state index contributed by atoms with van der Waals surface area (Å²) in [6.07, 6.45) is 2.30. The summed E-state index contributed by atoms with van der Waals surface area (Å²) < 4.78 is 0. The van der Waals surface area contributed by atoms with Crippen molar-refractivity contribution >= 4 is 11.8 Å². The summed E-state index contributed by atoms with van der Waals surface area (Å²) in [6.45, 7) is 4.29. The van der Waals surface area contributed by atoms with Gasteiger partial charge >= 0.3 is 0 Å². The van der Waals surface area contributed by atoms with Crippen molar-refractivity contribution in [3.63, 3.8) is 0 Å². The molecular weight excluding hydrogens is 180 g/mol. The molecule has 0 aromatic heterocycles. The fourth-order valence-corrected chi connectivity index (χ4v) is 2.82. The van der Waals surface area contributed by atoms with Crippen molar-refractivity contribution in [3.05, 3.63) is 0 Å². The van der Waals surface area contributed by atoms with Crippen LogP contribution in [0.4, 0.5) is 0 Å². The lowest BCUT2D eigenvalue weighted by Crippen LogP contribution is -2.40. The van der Waals surface area contributed by atoms with Crippen molar-refractivity contribution in [2.24, 2.45) is 5.92 Å². The van der Waals surface area contributed by atoms with E-state index in [-0.39, 0.29) is 6.04 Å². The molecule has 0 aliphatic carbocycles. The number of thioether (sulfide) groups is 1. The monoisotopic (exact) mass is 198 g/mol. The molecule has 1 saturated heterocycles. The molecule has 0 spiro atoms. The Kier molecular flexibility index (Phi) is 4.61. The fourth-order valence-electron chi connectivity index (χ4n) is 1.52. The van der Waals surface area contributed by atoms with Crippen LogP contribution in [0.15, 0.2) is 0 Å². The summed E-state index contributed by atoms with van der Waals surface area (Å²) in [5.41, 5.74) is 0. The number of hydrogen-bond donors (Lipinski definition) is 1. The predicted octanol–water partition coefficient (Wildman–Crippen LogP) is 2.02. The molecule has 0 bridgehead atoms. The minimum Gasteiger partial charge on any atom is -0.299 e. The number of nitrogens with zero attached hydrogens (tertiary/aromatic N) is 1. The van der Waals surface area contributed by atoms with Gasteiger partial charge in [0.2, 0.25) is 0 Å². The molecule has 0 aromatic carbocycles. The van der Waals surface area contributed by atoms with Crippen LogP contribution in [0.3, 0.4) is 0 Å². The van der Waals surface area contributed by atoms with Gasteiger partial charge in [0.15, 0.2) is 0 Å². The number of hydrogen-bond acceptors (Lipinski definition) is 3. The second-order valence-corrected chi connectivity index (χ2v) is 4.86. The van der Waals surface area contributed by atoms with Gasteiger partial charge < -0.3 is 0 Å². The summed E-state index contributed by atoms with van der Waals surface area (Å²) >= 11 is 1.97. The van der Waals surface area contributed by atoms with Crippen molar-refractivity contribution in [3.8, 4) is 6.07 Å². The number of nitriles is 1. The normalized spacial score (nSPS) is 26.7. The Labute approximate surface area is 85.1 Å². The molecule has 2 nitrogen and oxygen atoms in total. The van der Waals surface area contributed by atoms with Crippen LogP contribution in [-0.2, 0) is 0 Å². The highest BCUT2D eigenvalue weighted by atomic mass is 32.2. The van der Waals surface area contributed by atoms with E-state index in [9.17, 15) is 0 Å². The van der Waals surface area contributed by atoms with Gasteiger partial charge in [0.25, 0.3) is 0 Å². The SMILES string of the molecule is CCC(C)NC(C#N)C1CCSC1. The van der Waals surface area contributed by atoms with Crippen molar-refractivity contribution in [1.82, 2.24) is 5.32 Å². The van der Waals surface area contributed by atoms with E-state index in [2.05, 4.69) is 25.2 Å². The smallest absolute Gasteiger partial charge is 0.0991 e. The third-order valence-corrected chi connectivity index (χ3v) is 3.84. The van der Waals surface area contributed by atoms with Crippen molar-refractivity contribution in [2.45, 2.75) is 38.8 Å². The first kappa shape index (κ1) is 10.9. The molecule has 3 atom stereocenters. The van der Waals surface area contributed by atoms with E-state index in [1.165, 1.54) is 12.2 Å². The molecule has 0 radical (unpaired) electrons. The molecular formula is C10H18N2S. The molecule has 74 valence electrons. The Bertz CT molecular complexity index is 182. The minimum absolute atomic E-state index is 0.0740. The van der Waals surface area contributed by atoms with E-state index in [0.717, 1.165) is 12.2 Å². The highest BCUT2D eigenvalue weighted by Gasteiger charge is 2.25. The maximum Gasteiger partial charge on any atom is 0.0991 e. The highest BCUT2D eigenvalue weighted by Crippen LogP contribution is 2.26. The van der Waals surface area contributed by atoms with Crippen molar-refractivity contribution in [2.75, 3.05) is 11.5 Å².